The zero-order chi connectivity index (χ0) is 34.4. The number of rotatable bonds is 8. The normalized spacial score (nSPS) is 10.2. The predicted octanol–water partition coefficient (Wildman–Crippen LogP) is 1.79. The molecule has 0 saturated carbocycles. The summed E-state index contributed by atoms with van der Waals surface area (Å²) in [6, 6.07) is 0. The van der Waals surface area contributed by atoms with E-state index in [4.69, 9.17) is 19.7 Å². The number of hydrogen-bond acceptors (Lipinski definition) is 14. The number of aromatic nitrogens is 10. The van der Waals surface area contributed by atoms with Gasteiger partial charge in [-0.3, -0.25) is 9.59 Å². The highest BCUT2D eigenvalue weighted by Gasteiger charge is 2.26. The number of pyridine rings is 2. The molecule has 19 nitrogen and oxygen atoms in total. The number of carbonyl (C=O) groups is 4. The van der Waals surface area contributed by atoms with Gasteiger partial charge < -0.3 is 34.4 Å². The van der Waals surface area contributed by atoms with E-state index >= 15 is 0 Å². The number of aliphatic hydroxyl groups excluding tert-OH is 1. The van der Waals surface area contributed by atoms with E-state index < -0.39 is 23.5 Å². The summed E-state index contributed by atoms with van der Waals surface area (Å²) in [6.07, 6.45) is 8.58. The van der Waals surface area contributed by atoms with Crippen LogP contribution in [-0.2, 0) is 14.3 Å². The second-order valence-electron chi connectivity index (χ2n) is 9.13. The van der Waals surface area contributed by atoms with Crippen LogP contribution in [0, 0.1) is 13.8 Å². The molecule has 6 aromatic heterocycles. The van der Waals surface area contributed by atoms with E-state index in [2.05, 4.69) is 44.8 Å². The molecule has 0 saturated heterocycles. The summed E-state index contributed by atoms with van der Waals surface area (Å²) < 4.78 is 17.8. The molecule has 0 spiro atoms. The molecule has 0 bridgehead atoms. The Morgan fingerprint density at radius 3 is 1.46 bits per heavy atom. The number of aryl methyl sites for hydroxylation is 2. The molecular formula is C29H32N10O9. The van der Waals surface area contributed by atoms with Crippen LogP contribution in [0.15, 0.2) is 37.4 Å². The SMILES string of the molecule is C.CO.COC(=O)C(=O)c1c[nH]c2c(-n3cnc(C)n3)ncc(OC)c12.COc1cnc(-n2cnc(C)n2)c2[nH]cc(C(=O)C(=O)O)c12. The Hall–Kier alpha value is -6.50. The maximum atomic E-state index is 12.2. The van der Waals surface area contributed by atoms with Gasteiger partial charge in [0.2, 0.25) is 0 Å². The Morgan fingerprint density at radius 1 is 0.708 bits per heavy atom. The summed E-state index contributed by atoms with van der Waals surface area (Å²) in [4.78, 5) is 68.8. The van der Waals surface area contributed by atoms with Crippen LogP contribution in [0.3, 0.4) is 0 Å². The fourth-order valence-electron chi connectivity index (χ4n) is 4.44. The topological polar surface area (TPSA) is 255 Å². The molecule has 0 aromatic carbocycles. The van der Waals surface area contributed by atoms with Gasteiger partial charge in [-0.05, 0) is 13.8 Å². The lowest BCUT2D eigenvalue weighted by Gasteiger charge is -2.07. The highest BCUT2D eigenvalue weighted by Crippen LogP contribution is 2.32. The number of Topliss-reactive ketones (excluding diaryl/α,β-unsaturated/α-hetero) is 2. The Balaban J connectivity index is 0.000000243. The van der Waals surface area contributed by atoms with E-state index in [1.165, 1.54) is 61.0 Å². The maximum Gasteiger partial charge on any atom is 0.379 e. The van der Waals surface area contributed by atoms with E-state index in [1.807, 2.05) is 0 Å². The fourth-order valence-corrected chi connectivity index (χ4v) is 4.44. The number of aliphatic hydroxyl groups is 1. The highest BCUT2D eigenvalue weighted by molar-refractivity contribution is 6.43. The molecule has 0 aliphatic heterocycles. The second kappa shape index (κ2) is 15.2. The van der Waals surface area contributed by atoms with Gasteiger partial charge in [0.1, 0.15) is 35.8 Å². The number of methoxy groups -OCH3 is 3. The van der Waals surface area contributed by atoms with Crippen LogP contribution >= 0.6 is 0 Å². The van der Waals surface area contributed by atoms with Gasteiger partial charge in [0, 0.05) is 19.5 Å². The van der Waals surface area contributed by atoms with Gasteiger partial charge in [-0.2, -0.15) is 10.2 Å². The molecule has 252 valence electrons. The standard InChI is InChI=1S/C14H13N5O4.C13H11N5O4.CH4O.CH4/c1-7-17-6-19(18-7)13-11-10(9(22-2)5-16-13)8(4-15-11)12(20)14(21)23-3;1-6-16-5-18(17-6)12-10-9(8(22-2)4-15-12)7(3-14-10)11(19)13(20)21;1-2;/h4-6,15H,1-3H3;3-5,14H,1-2H3,(H,20,21);2H,1H3;1H4. The van der Waals surface area contributed by atoms with Crippen molar-refractivity contribution in [3.8, 4) is 23.1 Å². The maximum absolute atomic E-state index is 12.2. The van der Waals surface area contributed by atoms with Crippen molar-refractivity contribution < 1.29 is 43.6 Å². The van der Waals surface area contributed by atoms with Crippen molar-refractivity contribution >= 4 is 45.3 Å². The van der Waals surface area contributed by atoms with Crippen molar-refractivity contribution in [2.45, 2.75) is 21.3 Å². The van der Waals surface area contributed by atoms with Crippen molar-refractivity contribution in [3.63, 3.8) is 0 Å². The second-order valence-corrected chi connectivity index (χ2v) is 9.13. The van der Waals surface area contributed by atoms with Crippen LogP contribution in [0.1, 0.15) is 39.8 Å². The van der Waals surface area contributed by atoms with Gasteiger partial charge in [-0.15, -0.1) is 0 Å². The lowest BCUT2D eigenvalue weighted by Crippen LogP contribution is -2.15. The molecule has 19 heteroatoms. The van der Waals surface area contributed by atoms with Crippen LogP contribution in [0.4, 0.5) is 0 Å². The third-order valence-corrected chi connectivity index (χ3v) is 6.45. The van der Waals surface area contributed by atoms with Crippen LogP contribution in [-0.4, -0.2) is 112 Å². The monoisotopic (exact) mass is 664 g/mol. The summed E-state index contributed by atoms with van der Waals surface area (Å²) in [5, 5.41) is 25.0. The first-order valence-electron chi connectivity index (χ1n) is 13.3. The van der Waals surface area contributed by atoms with Crippen LogP contribution < -0.4 is 9.47 Å². The molecule has 0 atom stereocenters. The minimum atomic E-state index is -1.54. The van der Waals surface area contributed by atoms with E-state index in [-0.39, 0.29) is 18.6 Å². The van der Waals surface area contributed by atoms with Gasteiger partial charge in [0.05, 0.1) is 66.7 Å². The quantitative estimate of drug-likeness (QED) is 0.103. The number of hydrogen-bond donors (Lipinski definition) is 4. The third-order valence-electron chi connectivity index (χ3n) is 6.45. The molecule has 48 heavy (non-hydrogen) atoms. The van der Waals surface area contributed by atoms with E-state index in [9.17, 15) is 19.2 Å². The first-order valence-corrected chi connectivity index (χ1v) is 13.3. The van der Waals surface area contributed by atoms with Crippen molar-refractivity contribution in [1.82, 2.24) is 49.5 Å². The first-order chi connectivity index (χ1) is 22.6. The molecule has 6 aromatic rings. The fraction of sp³-hybridized carbons (Fsp3) is 0.241. The number of nitrogens with zero attached hydrogens (tertiary/aromatic N) is 8. The Labute approximate surface area is 271 Å². The zero-order valence-electron chi connectivity index (χ0n) is 25.8. The molecule has 0 aliphatic carbocycles. The molecule has 0 radical (unpaired) electrons. The summed E-state index contributed by atoms with van der Waals surface area (Å²) in [6.45, 7) is 3.48. The van der Waals surface area contributed by atoms with Gasteiger partial charge in [-0.25, -0.2) is 38.9 Å². The number of ketones is 2. The van der Waals surface area contributed by atoms with Gasteiger partial charge in [-0.1, -0.05) is 7.43 Å². The van der Waals surface area contributed by atoms with Crippen LogP contribution in [0.25, 0.3) is 33.4 Å². The molecule has 0 unspecified atom stereocenters. The molecule has 0 fully saturated rings. The minimum Gasteiger partial charge on any atom is -0.494 e. The number of aromatic amines is 2. The van der Waals surface area contributed by atoms with Crippen molar-refractivity contribution in [2.75, 3.05) is 28.4 Å². The molecule has 4 N–H and O–H groups in total. The smallest absolute Gasteiger partial charge is 0.379 e. The Morgan fingerprint density at radius 2 is 1.12 bits per heavy atom. The van der Waals surface area contributed by atoms with E-state index in [0.717, 1.165) is 14.2 Å². The number of H-pyrrole nitrogens is 2. The minimum absolute atomic E-state index is 0. The number of carboxylic acids is 1. The average molecular weight is 665 g/mol. The number of carbonyl (C=O) groups excluding carboxylic acids is 3. The number of fused-ring (bicyclic) bond motifs is 2. The molecule has 0 aliphatic rings. The lowest BCUT2D eigenvalue weighted by molar-refractivity contribution is -0.135. The third kappa shape index (κ3) is 6.70. The molecule has 6 rings (SSSR count). The molecule has 6 heterocycles. The summed E-state index contributed by atoms with van der Waals surface area (Å²) in [7, 11) is 5.02. The van der Waals surface area contributed by atoms with E-state index in [0.29, 0.717) is 56.6 Å². The van der Waals surface area contributed by atoms with Crippen molar-refractivity contribution in [2.24, 2.45) is 0 Å². The Bertz CT molecular complexity index is 2110. The lowest BCUT2D eigenvalue weighted by atomic mass is 10.1. The van der Waals surface area contributed by atoms with E-state index in [1.54, 1.807) is 13.8 Å². The summed E-state index contributed by atoms with van der Waals surface area (Å²) in [5.41, 5.74) is 1.08. The first kappa shape index (κ1) is 36.0. The number of nitrogens with one attached hydrogen (secondary N) is 2. The predicted molar refractivity (Wildman–Crippen MR) is 168 cm³/mol. The van der Waals surface area contributed by atoms with Crippen LogP contribution in [0.5, 0.6) is 11.5 Å². The average Bonchev–Trinajstić information content (AvgIpc) is 3.91. The zero-order valence-corrected chi connectivity index (χ0v) is 25.8. The van der Waals surface area contributed by atoms with Gasteiger partial charge in [0.15, 0.2) is 11.6 Å². The molecular weight excluding hydrogens is 632 g/mol. The number of aliphatic carboxylic acids is 1. The summed E-state index contributed by atoms with van der Waals surface area (Å²) >= 11 is 0. The van der Waals surface area contributed by atoms with Crippen molar-refractivity contribution in [1.29, 1.82) is 0 Å². The number of carboxylic acid groups (broad SMARTS) is 1. The largest absolute Gasteiger partial charge is 0.494 e. The highest BCUT2D eigenvalue weighted by atomic mass is 16.5. The number of ether oxygens (including phenoxy) is 3. The Kier molecular flexibility index (Phi) is 11.4. The number of esters is 1. The molecule has 0 amide bonds. The summed E-state index contributed by atoms with van der Waals surface area (Å²) in [5.74, 6) is -1.70. The van der Waals surface area contributed by atoms with Crippen LogP contribution in [0.2, 0.25) is 0 Å². The van der Waals surface area contributed by atoms with Gasteiger partial charge >= 0.3 is 11.9 Å². The van der Waals surface area contributed by atoms with Crippen molar-refractivity contribution in [3.05, 3.63) is 60.2 Å². The van der Waals surface area contributed by atoms with Gasteiger partial charge in [0.25, 0.3) is 11.6 Å².